The Morgan fingerprint density at radius 3 is 2.67 bits per heavy atom. The number of para-hydroxylation sites is 1. The van der Waals surface area contributed by atoms with E-state index in [2.05, 4.69) is 10.6 Å². The van der Waals surface area contributed by atoms with Crippen LogP contribution in [0.2, 0.25) is 0 Å². The summed E-state index contributed by atoms with van der Waals surface area (Å²) in [7, 11) is 1.68. The molecule has 0 saturated carbocycles. The van der Waals surface area contributed by atoms with Crippen molar-refractivity contribution in [1.82, 2.24) is 5.32 Å². The molecule has 15 heavy (non-hydrogen) atoms. The molecule has 4 heteroatoms. The standard InChI is InChI=1S/C11H16N2OS/c1-9(14-2)8-12-11(15)13-10-6-4-3-5-7-10/h3-7,9H,8H2,1-2H3,(H2,12,13,15). The minimum atomic E-state index is 0.153. The van der Waals surface area contributed by atoms with E-state index >= 15 is 0 Å². The minimum Gasteiger partial charge on any atom is -0.380 e. The second-order valence-electron chi connectivity index (χ2n) is 3.25. The van der Waals surface area contributed by atoms with Gasteiger partial charge in [-0.1, -0.05) is 18.2 Å². The predicted octanol–water partition coefficient (Wildman–Crippen LogP) is 2.01. The average Bonchev–Trinajstić information content (AvgIpc) is 2.27. The summed E-state index contributed by atoms with van der Waals surface area (Å²) in [6.45, 7) is 2.69. The van der Waals surface area contributed by atoms with Crippen LogP contribution < -0.4 is 10.6 Å². The zero-order valence-corrected chi connectivity index (χ0v) is 9.80. The summed E-state index contributed by atoms with van der Waals surface area (Å²) in [5.41, 5.74) is 0.986. The normalized spacial score (nSPS) is 11.9. The molecule has 0 spiro atoms. The fourth-order valence-corrected chi connectivity index (χ4v) is 1.22. The van der Waals surface area contributed by atoms with Crippen LogP contribution in [0.1, 0.15) is 6.92 Å². The van der Waals surface area contributed by atoms with Gasteiger partial charge >= 0.3 is 0 Å². The van der Waals surface area contributed by atoms with Gasteiger partial charge in [0.25, 0.3) is 0 Å². The molecule has 0 aromatic heterocycles. The molecule has 1 atom stereocenters. The molecule has 0 saturated heterocycles. The molecule has 0 amide bonds. The van der Waals surface area contributed by atoms with Crippen LogP contribution in [0, 0.1) is 0 Å². The lowest BCUT2D eigenvalue weighted by Gasteiger charge is -2.13. The van der Waals surface area contributed by atoms with Gasteiger partial charge in [0.1, 0.15) is 0 Å². The molecule has 1 rings (SSSR count). The van der Waals surface area contributed by atoms with Crippen molar-refractivity contribution >= 4 is 23.0 Å². The Balaban J connectivity index is 2.31. The van der Waals surface area contributed by atoms with E-state index in [1.165, 1.54) is 0 Å². The van der Waals surface area contributed by atoms with Crippen molar-refractivity contribution in [3.8, 4) is 0 Å². The fourth-order valence-electron chi connectivity index (χ4n) is 1.02. The first-order valence-electron chi connectivity index (χ1n) is 4.85. The number of hydrogen-bond acceptors (Lipinski definition) is 2. The number of ether oxygens (including phenoxy) is 1. The monoisotopic (exact) mass is 224 g/mol. The second-order valence-corrected chi connectivity index (χ2v) is 3.66. The molecule has 0 radical (unpaired) electrons. The number of methoxy groups -OCH3 is 1. The average molecular weight is 224 g/mol. The number of hydrogen-bond donors (Lipinski definition) is 2. The molecule has 0 heterocycles. The van der Waals surface area contributed by atoms with E-state index in [0.29, 0.717) is 11.7 Å². The van der Waals surface area contributed by atoms with Crippen LogP contribution in [-0.4, -0.2) is 24.9 Å². The van der Waals surface area contributed by atoms with Gasteiger partial charge in [0.15, 0.2) is 5.11 Å². The van der Waals surface area contributed by atoms with Gasteiger partial charge < -0.3 is 15.4 Å². The molecule has 1 aromatic carbocycles. The largest absolute Gasteiger partial charge is 0.380 e. The van der Waals surface area contributed by atoms with Gasteiger partial charge in [-0.05, 0) is 31.3 Å². The van der Waals surface area contributed by atoms with E-state index in [4.69, 9.17) is 17.0 Å². The van der Waals surface area contributed by atoms with Crippen LogP contribution in [0.3, 0.4) is 0 Å². The summed E-state index contributed by atoms with van der Waals surface area (Å²) >= 11 is 5.12. The molecular formula is C11H16N2OS. The van der Waals surface area contributed by atoms with E-state index in [1.54, 1.807) is 7.11 Å². The zero-order chi connectivity index (χ0) is 11.1. The molecule has 82 valence electrons. The molecule has 0 aliphatic heterocycles. The molecule has 1 aromatic rings. The highest BCUT2D eigenvalue weighted by atomic mass is 32.1. The van der Waals surface area contributed by atoms with Crippen molar-refractivity contribution in [2.24, 2.45) is 0 Å². The van der Waals surface area contributed by atoms with E-state index in [1.807, 2.05) is 37.3 Å². The lowest BCUT2D eigenvalue weighted by atomic mass is 10.3. The van der Waals surface area contributed by atoms with E-state index in [-0.39, 0.29) is 6.10 Å². The summed E-state index contributed by atoms with van der Waals surface area (Å²) in [4.78, 5) is 0. The van der Waals surface area contributed by atoms with Gasteiger partial charge in [0, 0.05) is 19.3 Å². The highest BCUT2D eigenvalue weighted by Gasteiger charge is 2.00. The van der Waals surface area contributed by atoms with Crippen LogP contribution in [-0.2, 0) is 4.74 Å². The molecule has 3 nitrogen and oxygen atoms in total. The molecule has 0 aliphatic rings. The maximum Gasteiger partial charge on any atom is 0.170 e. The van der Waals surface area contributed by atoms with Crippen LogP contribution >= 0.6 is 12.2 Å². The first-order chi connectivity index (χ1) is 7.22. The Hall–Kier alpha value is -1.13. The lowest BCUT2D eigenvalue weighted by Crippen LogP contribution is -2.34. The van der Waals surface area contributed by atoms with Crippen LogP contribution in [0.5, 0.6) is 0 Å². The highest BCUT2D eigenvalue weighted by molar-refractivity contribution is 7.80. The van der Waals surface area contributed by atoms with Gasteiger partial charge in [0.2, 0.25) is 0 Å². The van der Waals surface area contributed by atoms with Crippen molar-refractivity contribution in [3.63, 3.8) is 0 Å². The van der Waals surface area contributed by atoms with Crippen LogP contribution in [0.4, 0.5) is 5.69 Å². The number of nitrogens with one attached hydrogen (secondary N) is 2. The number of anilines is 1. The third-order valence-electron chi connectivity index (χ3n) is 1.98. The summed E-state index contributed by atoms with van der Waals surface area (Å²) in [6.07, 6.45) is 0.153. The summed E-state index contributed by atoms with van der Waals surface area (Å²) < 4.78 is 5.10. The van der Waals surface area contributed by atoms with Crippen molar-refractivity contribution < 1.29 is 4.74 Å². The Morgan fingerprint density at radius 2 is 2.07 bits per heavy atom. The van der Waals surface area contributed by atoms with Crippen molar-refractivity contribution in [3.05, 3.63) is 30.3 Å². The van der Waals surface area contributed by atoms with Crippen LogP contribution in [0.15, 0.2) is 30.3 Å². The first-order valence-corrected chi connectivity index (χ1v) is 5.26. The van der Waals surface area contributed by atoms with E-state index in [9.17, 15) is 0 Å². The number of rotatable bonds is 4. The summed E-state index contributed by atoms with van der Waals surface area (Å²) in [5.74, 6) is 0. The minimum absolute atomic E-state index is 0.153. The van der Waals surface area contributed by atoms with Gasteiger partial charge in [-0.2, -0.15) is 0 Å². The third-order valence-corrected chi connectivity index (χ3v) is 2.23. The first kappa shape index (κ1) is 11.9. The van der Waals surface area contributed by atoms with Gasteiger partial charge in [0.05, 0.1) is 6.10 Å². The maximum absolute atomic E-state index is 5.12. The molecule has 0 aliphatic carbocycles. The van der Waals surface area contributed by atoms with Gasteiger partial charge in [-0.3, -0.25) is 0 Å². The second kappa shape index (κ2) is 6.37. The van der Waals surface area contributed by atoms with E-state index < -0.39 is 0 Å². The Bertz CT molecular complexity index is 303. The molecule has 0 bridgehead atoms. The summed E-state index contributed by atoms with van der Waals surface area (Å²) in [5, 5.41) is 6.78. The maximum atomic E-state index is 5.12. The molecular weight excluding hydrogens is 208 g/mol. The van der Waals surface area contributed by atoms with Crippen molar-refractivity contribution in [2.45, 2.75) is 13.0 Å². The molecule has 1 unspecified atom stereocenters. The number of thiocarbonyl (C=S) groups is 1. The fraction of sp³-hybridized carbons (Fsp3) is 0.364. The Kier molecular flexibility index (Phi) is 5.07. The zero-order valence-electron chi connectivity index (χ0n) is 8.99. The number of benzene rings is 1. The summed E-state index contributed by atoms with van der Waals surface area (Å²) in [6, 6.07) is 9.82. The van der Waals surface area contributed by atoms with Crippen LogP contribution in [0.25, 0.3) is 0 Å². The lowest BCUT2D eigenvalue weighted by molar-refractivity contribution is 0.121. The van der Waals surface area contributed by atoms with Crippen molar-refractivity contribution in [2.75, 3.05) is 19.0 Å². The third kappa shape index (κ3) is 4.76. The van der Waals surface area contributed by atoms with Crippen molar-refractivity contribution in [1.29, 1.82) is 0 Å². The smallest absolute Gasteiger partial charge is 0.170 e. The predicted molar refractivity (Wildman–Crippen MR) is 67.1 cm³/mol. The van der Waals surface area contributed by atoms with E-state index in [0.717, 1.165) is 5.69 Å². The molecule has 2 N–H and O–H groups in total. The van der Waals surface area contributed by atoms with Gasteiger partial charge in [-0.25, -0.2) is 0 Å². The molecule has 0 fully saturated rings. The quantitative estimate of drug-likeness (QED) is 0.767. The SMILES string of the molecule is COC(C)CNC(=S)Nc1ccccc1. The topological polar surface area (TPSA) is 33.3 Å². The Labute approximate surface area is 95.8 Å². The Morgan fingerprint density at radius 1 is 1.40 bits per heavy atom. The highest BCUT2D eigenvalue weighted by Crippen LogP contribution is 2.04. The van der Waals surface area contributed by atoms with Gasteiger partial charge in [-0.15, -0.1) is 0 Å².